The largest absolute Gasteiger partial charge is 0.343 e. The lowest BCUT2D eigenvalue weighted by molar-refractivity contribution is -0.120. The average Bonchev–Trinajstić information content (AvgIpc) is 3.27. The zero-order chi connectivity index (χ0) is 23.9. The summed E-state index contributed by atoms with van der Waals surface area (Å²) in [4.78, 5) is 24.3. The molecule has 1 aromatic heterocycles. The molecule has 7 nitrogen and oxygen atoms in total. The molecule has 0 bridgehead atoms. The zero-order valence-electron chi connectivity index (χ0n) is 17.8. The number of nitrogens with one attached hydrogen (secondary N) is 2. The van der Waals surface area contributed by atoms with Crippen molar-refractivity contribution < 1.29 is 14.0 Å². The molecular formula is C25H19BrFN5O2. The van der Waals surface area contributed by atoms with Crippen LogP contribution in [0.4, 0.5) is 4.39 Å². The Morgan fingerprint density at radius 2 is 1.79 bits per heavy atom. The molecule has 0 unspecified atom stereocenters. The highest BCUT2D eigenvalue weighted by Gasteiger charge is 2.12. The number of benzene rings is 3. The minimum atomic E-state index is -0.488. The van der Waals surface area contributed by atoms with Gasteiger partial charge in [0.2, 0.25) is 0 Å². The molecule has 0 spiro atoms. The number of hydrogen-bond donors (Lipinski definition) is 2. The molecule has 3 aromatic carbocycles. The molecule has 2 N–H and O–H groups in total. The summed E-state index contributed by atoms with van der Waals surface area (Å²) in [7, 11) is 0. The van der Waals surface area contributed by atoms with E-state index in [2.05, 4.69) is 36.9 Å². The van der Waals surface area contributed by atoms with Gasteiger partial charge in [0.25, 0.3) is 11.8 Å². The van der Waals surface area contributed by atoms with E-state index in [0.29, 0.717) is 22.4 Å². The molecule has 4 aromatic rings. The van der Waals surface area contributed by atoms with Crippen molar-refractivity contribution in [2.24, 2.45) is 5.10 Å². The fourth-order valence-corrected chi connectivity index (χ4v) is 3.53. The summed E-state index contributed by atoms with van der Waals surface area (Å²) < 4.78 is 15.8. The Kier molecular flexibility index (Phi) is 7.24. The molecule has 0 atom stereocenters. The van der Waals surface area contributed by atoms with E-state index >= 15 is 0 Å². The van der Waals surface area contributed by atoms with E-state index in [1.165, 1.54) is 18.3 Å². The van der Waals surface area contributed by atoms with Gasteiger partial charge in [0.1, 0.15) is 11.5 Å². The topological polar surface area (TPSA) is 88.4 Å². The Labute approximate surface area is 203 Å². The Morgan fingerprint density at radius 1 is 1.03 bits per heavy atom. The van der Waals surface area contributed by atoms with Crippen molar-refractivity contribution in [1.29, 1.82) is 0 Å². The van der Waals surface area contributed by atoms with Crippen molar-refractivity contribution >= 4 is 34.0 Å². The first-order chi connectivity index (χ1) is 16.5. The van der Waals surface area contributed by atoms with Crippen LogP contribution in [0.2, 0.25) is 0 Å². The SMILES string of the molecule is O=C(CNC(=O)c1cccc(Br)c1)N/N=C/c1cn(-c2ccccc2)nc1-c1ccc(F)cc1. The van der Waals surface area contributed by atoms with E-state index in [1.54, 1.807) is 47.3 Å². The van der Waals surface area contributed by atoms with Gasteiger partial charge in [0, 0.05) is 27.4 Å². The number of para-hydroxylation sites is 1. The lowest BCUT2D eigenvalue weighted by Crippen LogP contribution is -2.34. The van der Waals surface area contributed by atoms with E-state index in [9.17, 15) is 14.0 Å². The fraction of sp³-hybridized carbons (Fsp3) is 0.0400. The van der Waals surface area contributed by atoms with Crippen LogP contribution in [0.15, 0.2) is 94.6 Å². The summed E-state index contributed by atoms with van der Waals surface area (Å²) in [5.41, 5.74) is 5.56. The number of halogens is 2. The molecule has 0 aliphatic heterocycles. The normalized spacial score (nSPS) is 10.9. The molecular weight excluding hydrogens is 501 g/mol. The highest BCUT2D eigenvalue weighted by molar-refractivity contribution is 9.10. The minimum Gasteiger partial charge on any atom is -0.343 e. The van der Waals surface area contributed by atoms with Crippen molar-refractivity contribution in [3.8, 4) is 16.9 Å². The third kappa shape index (κ3) is 5.81. The second-order valence-corrected chi connectivity index (χ2v) is 8.12. The summed E-state index contributed by atoms with van der Waals surface area (Å²) in [5.74, 6) is -1.21. The van der Waals surface area contributed by atoms with Crippen LogP contribution in [0, 0.1) is 5.82 Å². The molecule has 0 saturated carbocycles. The predicted octanol–water partition coefficient (Wildman–Crippen LogP) is 4.32. The Hall–Kier alpha value is -4.11. The van der Waals surface area contributed by atoms with Gasteiger partial charge in [0.15, 0.2) is 0 Å². The minimum absolute atomic E-state index is 0.239. The maximum atomic E-state index is 13.4. The summed E-state index contributed by atoms with van der Waals surface area (Å²) >= 11 is 3.31. The van der Waals surface area contributed by atoms with Gasteiger partial charge < -0.3 is 5.32 Å². The van der Waals surface area contributed by atoms with Crippen LogP contribution in [-0.4, -0.2) is 34.4 Å². The van der Waals surface area contributed by atoms with Gasteiger partial charge in [-0.25, -0.2) is 14.5 Å². The van der Waals surface area contributed by atoms with Gasteiger partial charge in [-0.1, -0.05) is 40.2 Å². The van der Waals surface area contributed by atoms with Gasteiger partial charge in [-0.15, -0.1) is 0 Å². The van der Waals surface area contributed by atoms with Gasteiger partial charge >= 0.3 is 0 Å². The van der Waals surface area contributed by atoms with Gasteiger partial charge in [-0.3, -0.25) is 9.59 Å². The number of aromatic nitrogens is 2. The number of carbonyl (C=O) groups is 2. The van der Waals surface area contributed by atoms with Crippen molar-refractivity contribution in [2.45, 2.75) is 0 Å². The van der Waals surface area contributed by atoms with Crippen LogP contribution >= 0.6 is 15.9 Å². The molecule has 2 amide bonds. The summed E-state index contributed by atoms with van der Waals surface area (Å²) in [6, 6.07) is 22.3. The van der Waals surface area contributed by atoms with Gasteiger partial charge in [0.05, 0.1) is 18.4 Å². The maximum absolute atomic E-state index is 13.4. The van der Waals surface area contributed by atoms with Crippen molar-refractivity contribution in [1.82, 2.24) is 20.5 Å². The molecule has 0 fully saturated rings. The first kappa shape index (κ1) is 23.1. The van der Waals surface area contributed by atoms with Crippen LogP contribution < -0.4 is 10.7 Å². The van der Waals surface area contributed by atoms with Crippen LogP contribution in [0.25, 0.3) is 16.9 Å². The lowest BCUT2D eigenvalue weighted by Gasteiger charge is -2.04. The molecule has 0 radical (unpaired) electrons. The molecule has 0 saturated heterocycles. The zero-order valence-corrected chi connectivity index (χ0v) is 19.4. The monoisotopic (exact) mass is 519 g/mol. The van der Waals surface area contributed by atoms with Crippen LogP contribution in [-0.2, 0) is 4.79 Å². The molecule has 34 heavy (non-hydrogen) atoms. The highest BCUT2D eigenvalue weighted by Crippen LogP contribution is 2.23. The molecule has 170 valence electrons. The van der Waals surface area contributed by atoms with E-state index in [1.807, 2.05) is 30.3 Å². The first-order valence-corrected chi connectivity index (χ1v) is 11.1. The molecule has 0 aliphatic rings. The predicted molar refractivity (Wildman–Crippen MR) is 131 cm³/mol. The second-order valence-electron chi connectivity index (χ2n) is 7.21. The lowest BCUT2D eigenvalue weighted by atomic mass is 10.1. The van der Waals surface area contributed by atoms with Crippen molar-refractivity contribution in [3.05, 3.63) is 106 Å². The summed E-state index contributed by atoms with van der Waals surface area (Å²) in [6.45, 7) is -0.239. The third-order valence-electron chi connectivity index (χ3n) is 4.77. The van der Waals surface area contributed by atoms with Gasteiger partial charge in [-0.2, -0.15) is 10.2 Å². The number of carbonyl (C=O) groups excluding carboxylic acids is 2. The fourth-order valence-electron chi connectivity index (χ4n) is 3.13. The molecule has 4 rings (SSSR count). The van der Waals surface area contributed by atoms with Crippen LogP contribution in [0.3, 0.4) is 0 Å². The van der Waals surface area contributed by atoms with Crippen LogP contribution in [0.1, 0.15) is 15.9 Å². The average molecular weight is 520 g/mol. The van der Waals surface area contributed by atoms with E-state index in [-0.39, 0.29) is 18.3 Å². The third-order valence-corrected chi connectivity index (χ3v) is 5.26. The van der Waals surface area contributed by atoms with E-state index in [4.69, 9.17) is 0 Å². The molecule has 0 aliphatic carbocycles. The van der Waals surface area contributed by atoms with E-state index in [0.717, 1.165) is 10.2 Å². The van der Waals surface area contributed by atoms with Crippen LogP contribution in [0.5, 0.6) is 0 Å². The van der Waals surface area contributed by atoms with Crippen molar-refractivity contribution in [2.75, 3.05) is 6.54 Å². The standard InChI is InChI=1S/C25H19BrFN5O2/c26-20-6-4-5-18(13-20)25(34)28-15-23(33)30-29-14-19-16-32(22-7-2-1-3-8-22)31-24(19)17-9-11-21(27)12-10-17/h1-14,16H,15H2,(H,28,34)(H,30,33)/b29-14+. The first-order valence-electron chi connectivity index (χ1n) is 10.3. The number of nitrogens with zero attached hydrogens (tertiary/aromatic N) is 3. The Morgan fingerprint density at radius 3 is 2.53 bits per heavy atom. The molecule has 1 heterocycles. The highest BCUT2D eigenvalue weighted by atomic mass is 79.9. The van der Waals surface area contributed by atoms with E-state index < -0.39 is 5.91 Å². The maximum Gasteiger partial charge on any atom is 0.259 e. The molecule has 9 heteroatoms. The van der Waals surface area contributed by atoms with Crippen molar-refractivity contribution in [3.63, 3.8) is 0 Å². The Bertz CT molecular complexity index is 1340. The quantitative estimate of drug-likeness (QED) is 0.281. The van der Waals surface area contributed by atoms with Gasteiger partial charge in [-0.05, 0) is 54.6 Å². The smallest absolute Gasteiger partial charge is 0.259 e. The summed E-state index contributed by atoms with van der Waals surface area (Å²) in [5, 5.41) is 11.2. The number of hydrazone groups is 1. The summed E-state index contributed by atoms with van der Waals surface area (Å²) in [6.07, 6.45) is 3.22. The Balaban J connectivity index is 1.46. The number of amides is 2. The second kappa shape index (κ2) is 10.7. The number of rotatable bonds is 7. The number of hydrogen-bond acceptors (Lipinski definition) is 4.